The Kier molecular flexibility index (Phi) is 8.17. The summed E-state index contributed by atoms with van der Waals surface area (Å²) in [4.78, 5) is 6.92. The smallest absolute Gasteiger partial charge is 0.191 e. The molecule has 0 atom stereocenters. The molecular weight excluding hydrogens is 320 g/mol. The summed E-state index contributed by atoms with van der Waals surface area (Å²) in [6, 6.07) is 11.4. The number of likely N-dealkylation sites (tertiary alicyclic amines) is 1. The molecule has 1 aromatic rings. The summed E-state index contributed by atoms with van der Waals surface area (Å²) in [5, 5.41) is 7.23. The number of nitrogens with one attached hydrogen (secondary N) is 2. The fraction of sp³-hybridized carbons (Fsp3) is 0.591. The fourth-order valence-corrected chi connectivity index (χ4v) is 3.89. The molecule has 2 rings (SSSR count). The summed E-state index contributed by atoms with van der Waals surface area (Å²) in [6.45, 7) is 12.5. The molecule has 4 nitrogen and oxygen atoms in total. The van der Waals surface area contributed by atoms with Gasteiger partial charge < -0.3 is 10.6 Å². The quantitative estimate of drug-likeness (QED) is 0.425. The van der Waals surface area contributed by atoms with Crippen LogP contribution in [0.25, 0.3) is 0 Å². The SMILES string of the molecule is C=CCN1CCC(NC(=NC)NCC(CC)(CC)c2ccccc2)CC1. The van der Waals surface area contributed by atoms with Gasteiger partial charge in [-0.1, -0.05) is 50.3 Å². The molecule has 0 aliphatic carbocycles. The molecule has 4 heteroatoms. The predicted octanol–water partition coefficient (Wildman–Crippen LogP) is 3.56. The molecule has 0 unspecified atom stereocenters. The molecule has 1 saturated heterocycles. The summed E-state index contributed by atoms with van der Waals surface area (Å²) in [5.74, 6) is 0.925. The molecule has 1 heterocycles. The van der Waals surface area contributed by atoms with E-state index in [0.717, 1.165) is 57.8 Å². The topological polar surface area (TPSA) is 39.7 Å². The number of guanidine groups is 1. The van der Waals surface area contributed by atoms with Gasteiger partial charge in [0.25, 0.3) is 0 Å². The van der Waals surface area contributed by atoms with Crippen molar-refractivity contribution in [2.45, 2.75) is 51.0 Å². The summed E-state index contributed by atoms with van der Waals surface area (Å²) in [7, 11) is 1.87. The minimum atomic E-state index is 0.145. The molecule has 1 fully saturated rings. The van der Waals surface area contributed by atoms with Crippen LogP contribution in [0.5, 0.6) is 0 Å². The van der Waals surface area contributed by atoms with Crippen LogP contribution in [0, 0.1) is 0 Å². The van der Waals surface area contributed by atoms with Gasteiger partial charge in [0.1, 0.15) is 0 Å². The summed E-state index contributed by atoms with van der Waals surface area (Å²) in [6.07, 6.45) is 6.52. The Morgan fingerprint density at radius 1 is 1.23 bits per heavy atom. The Hall–Kier alpha value is -1.81. The summed E-state index contributed by atoms with van der Waals surface area (Å²) >= 11 is 0. The molecule has 144 valence electrons. The first-order valence-corrected chi connectivity index (χ1v) is 10.0. The van der Waals surface area contributed by atoms with Crippen molar-refractivity contribution in [3.63, 3.8) is 0 Å². The second-order valence-corrected chi connectivity index (χ2v) is 7.29. The lowest BCUT2D eigenvalue weighted by Crippen LogP contribution is -2.51. The van der Waals surface area contributed by atoms with Gasteiger partial charge in [0.05, 0.1) is 0 Å². The number of nitrogens with zero attached hydrogens (tertiary/aromatic N) is 2. The van der Waals surface area contributed by atoms with Crippen LogP contribution in [0.15, 0.2) is 48.0 Å². The maximum absolute atomic E-state index is 4.47. The van der Waals surface area contributed by atoms with E-state index in [-0.39, 0.29) is 5.41 Å². The van der Waals surface area contributed by atoms with E-state index in [9.17, 15) is 0 Å². The van der Waals surface area contributed by atoms with Gasteiger partial charge in [0.15, 0.2) is 5.96 Å². The van der Waals surface area contributed by atoms with Crippen molar-refractivity contribution >= 4 is 5.96 Å². The van der Waals surface area contributed by atoms with Gasteiger partial charge >= 0.3 is 0 Å². The highest BCUT2D eigenvalue weighted by atomic mass is 15.2. The van der Waals surface area contributed by atoms with Crippen LogP contribution in [0.2, 0.25) is 0 Å². The van der Waals surface area contributed by atoms with Crippen LogP contribution in [0.4, 0.5) is 0 Å². The molecule has 0 amide bonds. The average molecular weight is 357 g/mol. The minimum absolute atomic E-state index is 0.145. The van der Waals surface area contributed by atoms with E-state index in [1.807, 2.05) is 13.1 Å². The number of piperidine rings is 1. The third-order valence-corrected chi connectivity index (χ3v) is 5.87. The van der Waals surface area contributed by atoms with Crippen molar-refractivity contribution in [3.8, 4) is 0 Å². The van der Waals surface area contributed by atoms with Gasteiger partial charge in [-0.2, -0.15) is 0 Å². The molecule has 0 saturated carbocycles. The lowest BCUT2D eigenvalue weighted by Gasteiger charge is -2.35. The second-order valence-electron chi connectivity index (χ2n) is 7.29. The van der Waals surface area contributed by atoms with Crippen molar-refractivity contribution in [1.82, 2.24) is 15.5 Å². The van der Waals surface area contributed by atoms with E-state index in [4.69, 9.17) is 0 Å². The van der Waals surface area contributed by atoms with E-state index in [1.54, 1.807) is 0 Å². The van der Waals surface area contributed by atoms with E-state index >= 15 is 0 Å². The van der Waals surface area contributed by atoms with Gasteiger partial charge in [0, 0.05) is 44.7 Å². The molecule has 1 aromatic carbocycles. The molecule has 1 aliphatic heterocycles. The average Bonchev–Trinajstić information content (AvgIpc) is 2.70. The predicted molar refractivity (Wildman–Crippen MR) is 113 cm³/mol. The highest BCUT2D eigenvalue weighted by Crippen LogP contribution is 2.30. The highest BCUT2D eigenvalue weighted by molar-refractivity contribution is 5.80. The van der Waals surface area contributed by atoms with Crippen molar-refractivity contribution in [1.29, 1.82) is 0 Å². The van der Waals surface area contributed by atoms with E-state index < -0.39 is 0 Å². The zero-order valence-corrected chi connectivity index (χ0v) is 16.8. The van der Waals surface area contributed by atoms with Crippen LogP contribution in [0.3, 0.4) is 0 Å². The van der Waals surface area contributed by atoms with Crippen LogP contribution in [-0.2, 0) is 5.41 Å². The first-order valence-electron chi connectivity index (χ1n) is 10.0. The van der Waals surface area contributed by atoms with E-state index in [2.05, 4.69) is 71.3 Å². The van der Waals surface area contributed by atoms with Crippen LogP contribution in [-0.4, -0.2) is 50.1 Å². The van der Waals surface area contributed by atoms with Crippen molar-refractivity contribution in [3.05, 3.63) is 48.6 Å². The molecule has 26 heavy (non-hydrogen) atoms. The molecule has 0 radical (unpaired) electrons. The summed E-state index contributed by atoms with van der Waals surface area (Å²) < 4.78 is 0. The highest BCUT2D eigenvalue weighted by Gasteiger charge is 2.29. The van der Waals surface area contributed by atoms with Gasteiger partial charge in [0.2, 0.25) is 0 Å². The number of rotatable bonds is 8. The Morgan fingerprint density at radius 2 is 1.88 bits per heavy atom. The monoisotopic (exact) mass is 356 g/mol. The van der Waals surface area contributed by atoms with Crippen LogP contribution < -0.4 is 10.6 Å². The van der Waals surface area contributed by atoms with Crippen molar-refractivity contribution in [2.24, 2.45) is 4.99 Å². The van der Waals surface area contributed by atoms with E-state index in [0.29, 0.717) is 6.04 Å². The molecular formula is C22H36N4. The van der Waals surface area contributed by atoms with Gasteiger partial charge in [-0.25, -0.2) is 0 Å². The minimum Gasteiger partial charge on any atom is -0.356 e. The third kappa shape index (κ3) is 5.34. The Bertz CT molecular complexity index is 555. The lowest BCUT2D eigenvalue weighted by atomic mass is 9.76. The first-order chi connectivity index (χ1) is 12.7. The standard InChI is InChI=1S/C22H36N4/c1-5-15-26-16-13-20(14-17-26)25-21(23-4)24-18-22(6-2,7-3)19-11-9-8-10-12-19/h5,8-12,20H,1,6-7,13-18H2,2-4H3,(H2,23,24,25). The molecule has 2 N–H and O–H groups in total. The Balaban J connectivity index is 1.92. The van der Waals surface area contributed by atoms with Gasteiger partial charge in [-0.05, 0) is 31.2 Å². The number of hydrogen-bond donors (Lipinski definition) is 2. The molecule has 0 spiro atoms. The van der Waals surface area contributed by atoms with Crippen LogP contribution in [0.1, 0.15) is 45.1 Å². The van der Waals surface area contributed by atoms with Crippen LogP contribution >= 0.6 is 0 Å². The fourth-order valence-electron chi connectivity index (χ4n) is 3.89. The van der Waals surface area contributed by atoms with Gasteiger partial charge in [-0.15, -0.1) is 6.58 Å². The largest absolute Gasteiger partial charge is 0.356 e. The van der Waals surface area contributed by atoms with E-state index in [1.165, 1.54) is 5.56 Å². The molecule has 0 bridgehead atoms. The normalized spacial score (nSPS) is 17.1. The number of hydrogen-bond acceptors (Lipinski definition) is 2. The number of aliphatic imine (C=N–C) groups is 1. The van der Waals surface area contributed by atoms with Crippen molar-refractivity contribution < 1.29 is 0 Å². The lowest BCUT2D eigenvalue weighted by molar-refractivity contribution is 0.225. The maximum atomic E-state index is 4.47. The zero-order chi connectivity index (χ0) is 18.8. The Morgan fingerprint density at radius 3 is 2.42 bits per heavy atom. The molecule has 1 aliphatic rings. The number of benzene rings is 1. The van der Waals surface area contributed by atoms with Gasteiger partial charge in [-0.3, -0.25) is 9.89 Å². The first kappa shape index (κ1) is 20.5. The summed E-state index contributed by atoms with van der Waals surface area (Å²) in [5.41, 5.74) is 1.55. The Labute approximate surface area is 159 Å². The second kappa shape index (κ2) is 10.4. The molecule has 0 aromatic heterocycles. The zero-order valence-electron chi connectivity index (χ0n) is 16.8. The van der Waals surface area contributed by atoms with Crippen molar-refractivity contribution in [2.75, 3.05) is 33.2 Å². The third-order valence-electron chi connectivity index (χ3n) is 5.87. The maximum Gasteiger partial charge on any atom is 0.191 e.